The molecule has 2 amide bonds. The molecule has 1 aliphatic heterocycles. The molecule has 1 aromatic heterocycles. The van der Waals surface area contributed by atoms with Gasteiger partial charge in [-0.25, -0.2) is 4.98 Å². The Morgan fingerprint density at radius 3 is 2.87 bits per heavy atom. The van der Waals surface area contributed by atoms with Crippen LogP contribution in [0, 0.1) is 0 Å². The number of hydrogen-bond donors (Lipinski definition) is 2. The molecule has 2 heterocycles. The number of hydrogen-bond acceptors (Lipinski definition) is 4. The van der Waals surface area contributed by atoms with Gasteiger partial charge in [-0.1, -0.05) is 23.2 Å². The highest BCUT2D eigenvalue weighted by Crippen LogP contribution is 2.25. The third-order valence-corrected chi connectivity index (χ3v) is 5.92. The molecule has 1 aliphatic rings. The third-order valence-electron chi connectivity index (χ3n) is 5.37. The Balaban J connectivity index is 1.43. The minimum atomic E-state index is -0.308. The molecular formula is C22H22Cl2N4O3. The van der Waals surface area contributed by atoms with E-state index in [9.17, 15) is 9.59 Å². The molecule has 7 nitrogen and oxygen atoms in total. The first-order valence-corrected chi connectivity index (χ1v) is 10.7. The van der Waals surface area contributed by atoms with E-state index in [1.165, 1.54) is 6.07 Å². The number of likely N-dealkylation sites (tertiary alicyclic amines) is 1. The lowest BCUT2D eigenvalue weighted by Crippen LogP contribution is -2.38. The average molecular weight is 461 g/mol. The van der Waals surface area contributed by atoms with Crippen molar-refractivity contribution in [2.24, 2.45) is 0 Å². The van der Waals surface area contributed by atoms with Gasteiger partial charge in [0.25, 0.3) is 11.8 Å². The lowest BCUT2D eigenvalue weighted by atomic mass is 10.1. The molecular weight excluding hydrogens is 439 g/mol. The van der Waals surface area contributed by atoms with Crippen LogP contribution in [-0.2, 0) is 11.3 Å². The Bertz CT molecular complexity index is 1130. The number of halogens is 2. The van der Waals surface area contributed by atoms with Crippen LogP contribution in [0.2, 0.25) is 10.0 Å². The van der Waals surface area contributed by atoms with E-state index >= 15 is 0 Å². The first-order valence-electron chi connectivity index (χ1n) is 9.98. The fraction of sp³-hybridized carbons (Fsp3) is 0.318. The van der Waals surface area contributed by atoms with Crippen molar-refractivity contribution in [1.29, 1.82) is 0 Å². The molecule has 2 aromatic carbocycles. The van der Waals surface area contributed by atoms with Crippen LogP contribution in [-0.4, -0.2) is 53.0 Å². The van der Waals surface area contributed by atoms with Crippen LogP contribution in [0.5, 0.6) is 0 Å². The summed E-state index contributed by atoms with van der Waals surface area (Å²) in [4.78, 5) is 34.8. The number of rotatable bonds is 6. The Morgan fingerprint density at radius 2 is 2.10 bits per heavy atom. The van der Waals surface area contributed by atoms with Crippen molar-refractivity contribution in [3.63, 3.8) is 0 Å². The molecule has 31 heavy (non-hydrogen) atoms. The number of benzene rings is 2. The van der Waals surface area contributed by atoms with Crippen molar-refractivity contribution in [3.8, 4) is 0 Å². The SMILES string of the molecule is COC[C@H]1CCCN1C(=O)c1ccc(C(=O)NCc2nc3ccc(Cl)cc3[nH]2)cc1Cl. The van der Waals surface area contributed by atoms with E-state index in [-0.39, 0.29) is 29.4 Å². The number of nitrogens with one attached hydrogen (secondary N) is 2. The molecule has 9 heteroatoms. The molecule has 0 bridgehead atoms. The maximum absolute atomic E-state index is 12.9. The van der Waals surface area contributed by atoms with Crippen LogP contribution in [0.15, 0.2) is 36.4 Å². The molecule has 1 atom stereocenters. The van der Waals surface area contributed by atoms with Gasteiger partial charge in [-0.3, -0.25) is 9.59 Å². The Morgan fingerprint density at radius 1 is 1.26 bits per heavy atom. The lowest BCUT2D eigenvalue weighted by Gasteiger charge is -2.24. The molecule has 0 aliphatic carbocycles. The minimum Gasteiger partial charge on any atom is -0.383 e. The molecule has 0 radical (unpaired) electrons. The van der Waals surface area contributed by atoms with E-state index < -0.39 is 0 Å². The van der Waals surface area contributed by atoms with Crippen molar-refractivity contribution >= 4 is 46.0 Å². The number of nitrogens with zero attached hydrogens (tertiary/aromatic N) is 2. The van der Waals surface area contributed by atoms with Crippen molar-refractivity contribution < 1.29 is 14.3 Å². The number of amides is 2. The second-order valence-electron chi connectivity index (χ2n) is 7.47. The van der Waals surface area contributed by atoms with Crippen LogP contribution in [0.3, 0.4) is 0 Å². The van der Waals surface area contributed by atoms with E-state index in [1.807, 2.05) is 6.07 Å². The molecule has 4 rings (SSSR count). The van der Waals surface area contributed by atoms with Gasteiger partial charge in [0.05, 0.1) is 40.8 Å². The fourth-order valence-corrected chi connectivity index (χ4v) is 4.27. The van der Waals surface area contributed by atoms with Crippen LogP contribution < -0.4 is 5.32 Å². The van der Waals surface area contributed by atoms with Gasteiger partial charge in [-0.05, 0) is 49.2 Å². The summed E-state index contributed by atoms with van der Waals surface area (Å²) in [6.07, 6.45) is 1.84. The number of methoxy groups -OCH3 is 1. The summed E-state index contributed by atoms with van der Waals surface area (Å²) in [5.41, 5.74) is 2.33. The van der Waals surface area contributed by atoms with Gasteiger partial charge in [-0.2, -0.15) is 0 Å². The Kier molecular flexibility index (Phi) is 6.46. The van der Waals surface area contributed by atoms with Gasteiger partial charge < -0.3 is 19.9 Å². The van der Waals surface area contributed by atoms with E-state index in [0.29, 0.717) is 35.1 Å². The normalized spacial score (nSPS) is 16.1. The Hall–Kier alpha value is -2.61. The smallest absolute Gasteiger partial charge is 0.255 e. The summed E-state index contributed by atoms with van der Waals surface area (Å²) >= 11 is 12.4. The number of H-pyrrole nitrogens is 1. The van der Waals surface area contributed by atoms with Crippen molar-refractivity contribution in [2.45, 2.75) is 25.4 Å². The number of ether oxygens (including phenoxy) is 1. The first kappa shape index (κ1) is 21.6. The van der Waals surface area contributed by atoms with Gasteiger partial charge >= 0.3 is 0 Å². The fourth-order valence-electron chi connectivity index (χ4n) is 3.84. The molecule has 0 spiro atoms. The van der Waals surface area contributed by atoms with Crippen LogP contribution in [0.1, 0.15) is 39.4 Å². The molecule has 1 saturated heterocycles. The highest BCUT2D eigenvalue weighted by Gasteiger charge is 2.30. The molecule has 2 N–H and O–H groups in total. The standard InChI is InChI=1S/C22H22Cl2N4O3/c1-31-12-15-3-2-8-28(15)22(30)16-6-4-13(9-17(16)24)21(29)25-11-20-26-18-7-5-14(23)10-19(18)27-20/h4-7,9-10,15H,2-3,8,11-12H2,1H3,(H,25,29)(H,26,27)/t15-/m1/s1. The highest BCUT2D eigenvalue weighted by atomic mass is 35.5. The number of imidazole rings is 1. The van der Waals surface area contributed by atoms with Gasteiger partial charge in [-0.15, -0.1) is 0 Å². The maximum atomic E-state index is 12.9. The first-order chi connectivity index (χ1) is 15.0. The summed E-state index contributed by atoms with van der Waals surface area (Å²) < 4.78 is 5.22. The van der Waals surface area contributed by atoms with Gasteiger partial charge in [0.15, 0.2) is 0 Å². The molecule has 1 fully saturated rings. The summed E-state index contributed by atoms with van der Waals surface area (Å²) in [5, 5.41) is 3.67. The largest absolute Gasteiger partial charge is 0.383 e. The van der Waals surface area contributed by atoms with Crippen LogP contribution in [0.25, 0.3) is 11.0 Å². The quantitative estimate of drug-likeness (QED) is 0.580. The van der Waals surface area contributed by atoms with Crippen molar-refractivity contribution in [2.75, 3.05) is 20.3 Å². The monoisotopic (exact) mass is 460 g/mol. The molecule has 0 saturated carbocycles. The zero-order chi connectivity index (χ0) is 22.0. The van der Waals surface area contributed by atoms with Gasteiger partial charge in [0, 0.05) is 24.2 Å². The third kappa shape index (κ3) is 4.69. The van der Waals surface area contributed by atoms with Crippen molar-refractivity contribution in [3.05, 3.63) is 63.4 Å². The van der Waals surface area contributed by atoms with E-state index in [4.69, 9.17) is 27.9 Å². The predicted molar refractivity (Wildman–Crippen MR) is 120 cm³/mol. The molecule has 3 aromatic rings. The predicted octanol–water partition coefficient (Wildman–Crippen LogP) is 4.05. The topological polar surface area (TPSA) is 87.3 Å². The molecule has 0 unspecified atom stereocenters. The minimum absolute atomic E-state index is 0.0511. The number of fused-ring (bicyclic) bond motifs is 1. The van der Waals surface area contributed by atoms with E-state index in [0.717, 1.165) is 23.9 Å². The maximum Gasteiger partial charge on any atom is 0.255 e. The van der Waals surface area contributed by atoms with Crippen molar-refractivity contribution in [1.82, 2.24) is 20.2 Å². The van der Waals surface area contributed by atoms with E-state index in [1.54, 1.807) is 36.3 Å². The lowest BCUT2D eigenvalue weighted by molar-refractivity contribution is 0.0630. The van der Waals surface area contributed by atoms with Crippen LogP contribution >= 0.6 is 23.2 Å². The summed E-state index contributed by atoms with van der Waals surface area (Å²) in [5.74, 6) is 0.164. The summed E-state index contributed by atoms with van der Waals surface area (Å²) in [6, 6.07) is 10.1. The average Bonchev–Trinajstić information content (AvgIpc) is 3.38. The summed E-state index contributed by atoms with van der Waals surface area (Å²) in [6.45, 7) is 1.39. The molecule has 162 valence electrons. The highest BCUT2D eigenvalue weighted by molar-refractivity contribution is 6.34. The van der Waals surface area contributed by atoms with Crippen LogP contribution in [0.4, 0.5) is 0 Å². The number of carbonyl (C=O) groups is 2. The van der Waals surface area contributed by atoms with Gasteiger partial charge in [0.2, 0.25) is 0 Å². The zero-order valence-corrected chi connectivity index (χ0v) is 18.5. The second kappa shape index (κ2) is 9.26. The zero-order valence-electron chi connectivity index (χ0n) is 17.0. The van der Waals surface area contributed by atoms with E-state index in [2.05, 4.69) is 15.3 Å². The Labute approximate surface area is 189 Å². The summed E-state index contributed by atoms with van der Waals surface area (Å²) in [7, 11) is 1.63. The number of aromatic amines is 1. The van der Waals surface area contributed by atoms with Gasteiger partial charge in [0.1, 0.15) is 5.82 Å². The second-order valence-corrected chi connectivity index (χ2v) is 8.32. The number of aromatic nitrogens is 2. The number of carbonyl (C=O) groups excluding carboxylic acids is 2.